The number of hydrogen-bond acceptors (Lipinski definition) is 3. The molecule has 1 atom stereocenters. The van der Waals surface area contributed by atoms with Gasteiger partial charge in [0.25, 0.3) is 0 Å². The number of hydrogen-bond donors (Lipinski definition) is 1. The van der Waals surface area contributed by atoms with E-state index in [9.17, 15) is 9.59 Å². The summed E-state index contributed by atoms with van der Waals surface area (Å²) in [4.78, 5) is 26.0. The van der Waals surface area contributed by atoms with Gasteiger partial charge in [0.15, 0.2) is 0 Å². The van der Waals surface area contributed by atoms with Crippen LogP contribution in [0.25, 0.3) is 0 Å². The molecule has 4 nitrogen and oxygen atoms in total. The summed E-state index contributed by atoms with van der Waals surface area (Å²) in [7, 11) is 0. The minimum Gasteiger partial charge on any atom is -0.317 e. The van der Waals surface area contributed by atoms with Crippen LogP contribution in [0.1, 0.15) is 25.6 Å². The third-order valence-corrected chi connectivity index (χ3v) is 3.44. The first-order valence-electron chi connectivity index (χ1n) is 5.69. The van der Waals surface area contributed by atoms with Gasteiger partial charge in [-0.15, -0.1) is 22.9 Å². The zero-order valence-corrected chi connectivity index (χ0v) is 12.2. The summed E-state index contributed by atoms with van der Waals surface area (Å²) in [5.41, 5.74) is 0. The van der Waals surface area contributed by atoms with Gasteiger partial charge in [-0.25, -0.2) is 4.79 Å². The van der Waals surface area contributed by atoms with Gasteiger partial charge in [-0.3, -0.25) is 10.1 Å². The Kier molecular flexibility index (Phi) is 5.62. The van der Waals surface area contributed by atoms with Gasteiger partial charge in [0.05, 0.1) is 6.54 Å². The van der Waals surface area contributed by atoms with Crippen LogP contribution in [0.3, 0.4) is 0 Å². The molecule has 100 valence electrons. The van der Waals surface area contributed by atoms with E-state index in [-0.39, 0.29) is 6.04 Å². The number of nitrogens with one attached hydrogen (secondary N) is 1. The van der Waals surface area contributed by atoms with E-state index in [1.165, 1.54) is 6.92 Å². The second-order valence-electron chi connectivity index (χ2n) is 4.21. The molecule has 0 spiro atoms. The standard InChI is InChI=1S/C12H17ClN2O2S/c1-8(2)15(7-10-5-4-6-18-10)12(17)14-11(16)9(3)13/h4-6,8-9H,7H2,1-3H3,(H,14,16,17). The number of alkyl halides is 1. The first-order valence-corrected chi connectivity index (χ1v) is 7.01. The van der Waals surface area contributed by atoms with E-state index >= 15 is 0 Å². The number of imide groups is 1. The van der Waals surface area contributed by atoms with Crippen molar-refractivity contribution in [3.63, 3.8) is 0 Å². The Morgan fingerprint density at radius 3 is 2.56 bits per heavy atom. The lowest BCUT2D eigenvalue weighted by Gasteiger charge is -2.26. The molecular weight excluding hydrogens is 272 g/mol. The molecule has 0 aromatic carbocycles. The van der Waals surface area contributed by atoms with Crippen LogP contribution in [0.15, 0.2) is 17.5 Å². The summed E-state index contributed by atoms with van der Waals surface area (Å²) < 4.78 is 0. The van der Waals surface area contributed by atoms with Crippen molar-refractivity contribution in [2.75, 3.05) is 0 Å². The van der Waals surface area contributed by atoms with Gasteiger partial charge in [0.2, 0.25) is 5.91 Å². The number of halogens is 1. The molecular formula is C12H17ClN2O2S. The fourth-order valence-electron chi connectivity index (χ4n) is 1.34. The molecule has 1 unspecified atom stereocenters. The summed E-state index contributed by atoms with van der Waals surface area (Å²) in [5, 5.41) is 3.53. The van der Waals surface area contributed by atoms with Crippen LogP contribution in [0, 0.1) is 0 Å². The molecule has 1 aromatic rings. The highest BCUT2D eigenvalue weighted by Crippen LogP contribution is 2.14. The van der Waals surface area contributed by atoms with Gasteiger partial charge < -0.3 is 4.90 Å². The summed E-state index contributed by atoms with van der Waals surface area (Å²) in [6.45, 7) is 5.83. The lowest BCUT2D eigenvalue weighted by atomic mass is 10.3. The van der Waals surface area contributed by atoms with Gasteiger partial charge in [-0.2, -0.15) is 0 Å². The van der Waals surface area contributed by atoms with Gasteiger partial charge in [0, 0.05) is 10.9 Å². The van der Waals surface area contributed by atoms with Crippen LogP contribution >= 0.6 is 22.9 Å². The van der Waals surface area contributed by atoms with Gasteiger partial charge >= 0.3 is 6.03 Å². The number of thiophene rings is 1. The quantitative estimate of drug-likeness (QED) is 0.866. The Morgan fingerprint density at radius 2 is 2.11 bits per heavy atom. The average Bonchev–Trinajstić information content (AvgIpc) is 2.77. The third kappa shape index (κ3) is 4.31. The Bertz CT molecular complexity index is 404. The third-order valence-electron chi connectivity index (χ3n) is 2.38. The number of urea groups is 1. The number of carbonyl (C=O) groups excluding carboxylic acids is 2. The SMILES string of the molecule is CC(Cl)C(=O)NC(=O)N(Cc1cccs1)C(C)C. The maximum absolute atomic E-state index is 12.0. The van der Waals surface area contributed by atoms with E-state index < -0.39 is 17.3 Å². The molecule has 1 N–H and O–H groups in total. The van der Waals surface area contributed by atoms with Gasteiger partial charge in [-0.05, 0) is 32.2 Å². The summed E-state index contributed by atoms with van der Waals surface area (Å²) in [6, 6.07) is 3.49. The highest BCUT2D eigenvalue weighted by molar-refractivity contribution is 7.09. The van der Waals surface area contributed by atoms with Crippen molar-refractivity contribution in [1.82, 2.24) is 10.2 Å². The number of rotatable bonds is 4. The summed E-state index contributed by atoms with van der Waals surface area (Å²) >= 11 is 7.20. The maximum atomic E-state index is 12.0. The smallest absolute Gasteiger partial charge is 0.317 e. The average molecular weight is 289 g/mol. The van der Waals surface area contributed by atoms with Crippen molar-refractivity contribution >= 4 is 34.9 Å². The molecule has 18 heavy (non-hydrogen) atoms. The predicted octanol–water partition coefficient (Wildman–Crippen LogP) is 2.82. The van der Waals surface area contributed by atoms with Crippen LogP contribution in [0.2, 0.25) is 0 Å². The number of amides is 3. The highest BCUT2D eigenvalue weighted by Gasteiger charge is 2.21. The maximum Gasteiger partial charge on any atom is 0.324 e. The Morgan fingerprint density at radius 1 is 1.44 bits per heavy atom. The number of carbonyl (C=O) groups is 2. The molecule has 0 bridgehead atoms. The summed E-state index contributed by atoms with van der Waals surface area (Å²) in [5.74, 6) is -0.474. The van der Waals surface area contributed by atoms with Crippen molar-refractivity contribution in [3.8, 4) is 0 Å². The lowest BCUT2D eigenvalue weighted by molar-refractivity contribution is -0.119. The lowest BCUT2D eigenvalue weighted by Crippen LogP contribution is -2.47. The summed E-state index contributed by atoms with van der Waals surface area (Å²) in [6.07, 6.45) is 0. The molecule has 0 fully saturated rings. The molecule has 1 rings (SSSR count). The van der Waals surface area contributed by atoms with E-state index in [2.05, 4.69) is 5.32 Å². The molecule has 1 aromatic heterocycles. The van der Waals surface area contributed by atoms with Gasteiger partial charge in [-0.1, -0.05) is 6.07 Å². The largest absolute Gasteiger partial charge is 0.324 e. The first kappa shape index (κ1) is 15.0. The molecule has 0 aliphatic carbocycles. The molecule has 0 aliphatic rings. The minimum atomic E-state index is -0.718. The van der Waals surface area contributed by atoms with Crippen molar-refractivity contribution in [2.24, 2.45) is 0 Å². The molecule has 6 heteroatoms. The normalized spacial score (nSPS) is 12.3. The van der Waals surface area contributed by atoms with Crippen molar-refractivity contribution < 1.29 is 9.59 Å². The van der Waals surface area contributed by atoms with Crippen LogP contribution in [-0.2, 0) is 11.3 Å². The Hall–Kier alpha value is -1.07. The van der Waals surface area contributed by atoms with Crippen molar-refractivity contribution in [2.45, 2.75) is 38.7 Å². The molecule has 0 saturated heterocycles. The molecule has 3 amide bonds. The van der Waals surface area contributed by atoms with Gasteiger partial charge in [0.1, 0.15) is 5.38 Å². The van der Waals surface area contributed by atoms with Crippen LogP contribution < -0.4 is 5.32 Å². The molecule has 0 aliphatic heterocycles. The zero-order chi connectivity index (χ0) is 13.7. The Balaban J connectivity index is 2.67. The van der Waals surface area contributed by atoms with E-state index in [0.29, 0.717) is 6.54 Å². The molecule has 1 heterocycles. The van der Waals surface area contributed by atoms with Crippen LogP contribution in [0.4, 0.5) is 4.79 Å². The topological polar surface area (TPSA) is 49.4 Å². The van der Waals surface area contributed by atoms with E-state index in [4.69, 9.17) is 11.6 Å². The Labute approximate surface area is 116 Å². The molecule has 0 saturated carbocycles. The van der Waals surface area contributed by atoms with E-state index in [1.54, 1.807) is 16.2 Å². The fraction of sp³-hybridized carbons (Fsp3) is 0.500. The van der Waals surface area contributed by atoms with Crippen molar-refractivity contribution in [1.29, 1.82) is 0 Å². The van der Waals surface area contributed by atoms with Crippen LogP contribution in [-0.4, -0.2) is 28.3 Å². The van der Waals surface area contributed by atoms with E-state index in [0.717, 1.165) is 4.88 Å². The van der Waals surface area contributed by atoms with Crippen LogP contribution in [0.5, 0.6) is 0 Å². The second-order valence-corrected chi connectivity index (χ2v) is 5.90. The van der Waals surface area contributed by atoms with E-state index in [1.807, 2.05) is 31.4 Å². The predicted molar refractivity (Wildman–Crippen MR) is 73.9 cm³/mol. The first-order chi connectivity index (χ1) is 8.41. The zero-order valence-electron chi connectivity index (χ0n) is 10.6. The second kappa shape index (κ2) is 6.75. The minimum absolute atomic E-state index is 0.00512. The fourth-order valence-corrected chi connectivity index (χ4v) is 2.09. The van der Waals surface area contributed by atoms with Crippen molar-refractivity contribution in [3.05, 3.63) is 22.4 Å². The monoisotopic (exact) mass is 288 g/mol. The number of nitrogens with zero attached hydrogens (tertiary/aromatic N) is 1. The highest BCUT2D eigenvalue weighted by atomic mass is 35.5. The molecule has 0 radical (unpaired) electrons.